The highest BCUT2D eigenvalue weighted by Gasteiger charge is 2.31. The lowest BCUT2D eigenvalue weighted by atomic mass is 10.2. The Morgan fingerprint density at radius 2 is 1.52 bits per heavy atom. The smallest absolute Gasteiger partial charge is 0.293 e. The summed E-state index contributed by atoms with van der Waals surface area (Å²) in [6.07, 6.45) is 0. The van der Waals surface area contributed by atoms with Crippen molar-refractivity contribution in [2.45, 2.75) is 4.90 Å². The molecule has 0 aromatic heterocycles. The van der Waals surface area contributed by atoms with Crippen LogP contribution in [0.15, 0.2) is 47.4 Å². The molecule has 0 atom stereocenters. The molecule has 0 unspecified atom stereocenters. The van der Waals surface area contributed by atoms with Gasteiger partial charge in [-0.25, -0.2) is 12.8 Å². The van der Waals surface area contributed by atoms with Gasteiger partial charge < -0.3 is 14.5 Å². The molecule has 2 saturated heterocycles. The predicted octanol–water partition coefficient (Wildman–Crippen LogP) is 2.08. The number of anilines is 2. The molecule has 0 radical (unpaired) electrons. The van der Waals surface area contributed by atoms with E-state index in [1.54, 1.807) is 18.2 Å². The molecule has 166 valence electrons. The van der Waals surface area contributed by atoms with Crippen molar-refractivity contribution in [2.24, 2.45) is 0 Å². The van der Waals surface area contributed by atoms with E-state index in [9.17, 15) is 22.9 Å². The van der Waals surface area contributed by atoms with Crippen LogP contribution in [0.1, 0.15) is 0 Å². The van der Waals surface area contributed by atoms with Crippen molar-refractivity contribution < 1.29 is 22.5 Å². The maximum Gasteiger partial charge on any atom is 0.293 e. The Morgan fingerprint density at radius 1 is 0.903 bits per heavy atom. The minimum absolute atomic E-state index is 0.102. The van der Waals surface area contributed by atoms with Gasteiger partial charge in [0.2, 0.25) is 10.0 Å². The maximum atomic E-state index is 14.1. The number of hydrogen-bond acceptors (Lipinski definition) is 7. The van der Waals surface area contributed by atoms with E-state index in [4.69, 9.17) is 4.74 Å². The second-order valence-electron chi connectivity index (χ2n) is 7.35. The van der Waals surface area contributed by atoms with Gasteiger partial charge in [0.1, 0.15) is 11.5 Å². The molecule has 0 aliphatic carbocycles. The zero-order chi connectivity index (χ0) is 22.0. The monoisotopic (exact) mass is 450 g/mol. The summed E-state index contributed by atoms with van der Waals surface area (Å²) in [7, 11) is -3.83. The van der Waals surface area contributed by atoms with Crippen LogP contribution in [0.5, 0.6) is 0 Å². The largest absolute Gasteiger partial charge is 0.379 e. The Balaban J connectivity index is 1.55. The van der Waals surface area contributed by atoms with Gasteiger partial charge in [-0.2, -0.15) is 4.31 Å². The molecule has 2 aromatic rings. The minimum atomic E-state index is -3.83. The number of sulfonamides is 1. The van der Waals surface area contributed by atoms with E-state index in [1.807, 2.05) is 9.80 Å². The molecule has 2 heterocycles. The second kappa shape index (κ2) is 8.77. The van der Waals surface area contributed by atoms with Gasteiger partial charge >= 0.3 is 0 Å². The predicted molar refractivity (Wildman–Crippen MR) is 114 cm³/mol. The van der Waals surface area contributed by atoms with Crippen molar-refractivity contribution in [3.8, 4) is 0 Å². The highest BCUT2D eigenvalue weighted by Crippen LogP contribution is 2.33. The van der Waals surface area contributed by atoms with Crippen molar-refractivity contribution in [3.05, 3.63) is 58.4 Å². The molecule has 0 bridgehead atoms. The van der Waals surface area contributed by atoms with E-state index < -0.39 is 14.9 Å². The molecule has 2 aromatic carbocycles. The number of hydrogen-bond donors (Lipinski definition) is 0. The third kappa shape index (κ3) is 4.34. The molecule has 9 nitrogen and oxygen atoms in total. The third-order valence-electron chi connectivity index (χ3n) is 5.56. The Labute approximate surface area is 179 Å². The molecule has 2 aliphatic rings. The molecule has 0 N–H and O–H groups in total. The van der Waals surface area contributed by atoms with Crippen LogP contribution >= 0.6 is 0 Å². The first-order valence-electron chi connectivity index (χ1n) is 9.99. The molecule has 4 rings (SSSR count). The van der Waals surface area contributed by atoms with E-state index in [2.05, 4.69) is 0 Å². The fourth-order valence-electron chi connectivity index (χ4n) is 3.91. The van der Waals surface area contributed by atoms with Crippen LogP contribution < -0.4 is 9.80 Å². The summed E-state index contributed by atoms with van der Waals surface area (Å²) in [4.78, 5) is 14.8. The zero-order valence-electron chi connectivity index (χ0n) is 16.8. The van der Waals surface area contributed by atoms with Crippen molar-refractivity contribution in [2.75, 3.05) is 62.3 Å². The van der Waals surface area contributed by atoms with E-state index in [1.165, 1.54) is 22.5 Å². The van der Waals surface area contributed by atoms with E-state index in [0.717, 1.165) is 6.07 Å². The lowest BCUT2D eigenvalue weighted by Gasteiger charge is -2.37. The van der Waals surface area contributed by atoms with E-state index >= 15 is 0 Å². The summed E-state index contributed by atoms with van der Waals surface area (Å²) < 4.78 is 46.3. The van der Waals surface area contributed by atoms with Gasteiger partial charge in [0.05, 0.1) is 28.7 Å². The summed E-state index contributed by atoms with van der Waals surface area (Å²) in [5.74, 6) is -0.306. The number of piperazine rings is 1. The quantitative estimate of drug-likeness (QED) is 0.508. The Hall–Kier alpha value is -2.76. The Kier molecular flexibility index (Phi) is 6.08. The summed E-state index contributed by atoms with van der Waals surface area (Å²) in [5, 5.41) is 11.7. The van der Waals surface area contributed by atoms with Crippen molar-refractivity contribution >= 4 is 27.1 Å². The first-order chi connectivity index (χ1) is 14.9. The van der Waals surface area contributed by atoms with Crippen LogP contribution in [-0.4, -0.2) is 70.1 Å². The number of morpholine rings is 1. The number of nitro groups is 1. The summed E-state index contributed by atoms with van der Waals surface area (Å²) in [6.45, 7) is 2.91. The van der Waals surface area contributed by atoms with Gasteiger partial charge in [-0.05, 0) is 24.3 Å². The lowest BCUT2D eigenvalue weighted by Crippen LogP contribution is -2.47. The van der Waals surface area contributed by atoms with Crippen molar-refractivity contribution in [3.63, 3.8) is 0 Å². The van der Waals surface area contributed by atoms with Crippen LogP contribution in [0, 0.1) is 15.9 Å². The van der Waals surface area contributed by atoms with Crippen molar-refractivity contribution in [1.82, 2.24) is 4.31 Å². The molecular formula is C20H23FN4O5S. The average molecular weight is 450 g/mol. The Morgan fingerprint density at radius 3 is 2.13 bits per heavy atom. The van der Waals surface area contributed by atoms with Gasteiger partial charge in [-0.3, -0.25) is 10.1 Å². The van der Waals surface area contributed by atoms with Crippen LogP contribution in [-0.2, 0) is 14.8 Å². The molecular weight excluding hydrogens is 427 g/mol. The van der Waals surface area contributed by atoms with Crippen LogP contribution in [0.25, 0.3) is 0 Å². The standard InChI is InChI=1S/C20H23FN4O5S/c21-17-3-1-2-4-18(17)22-7-9-23(10-8-22)19-6-5-16(15-20(19)25(26)27)31(28,29)24-11-13-30-14-12-24/h1-6,15H,7-14H2. The summed E-state index contributed by atoms with van der Waals surface area (Å²) >= 11 is 0. The van der Waals surface area contributed by atoms with Gasteiger partial charge in [0.15, 0.2) is 0 Å². The number of rotatable bonds is 5. The topological polar surface area (TPSA) is 96.2 Å². The normalized spacial score (nSPS) is 18.2. The van der Waals surface area contributed by atoms with E-state index in [0.29, 0.717) is 50.8 Å². The Bertz CT molecular complexity index is 1070. The number of nitro benzene ring substituents is 1. The number of halogens is 1. The SMILES string of the molecule is O=[N+]([O-])c1cc(S(=O)(=O)N2CCOCC2)ccc1N1CCN(c2ccccc2F)CC1. The van der Waals surface area contributed by atoms with E-state index in [-0.39, 0.29) is 29.5 Å². The molecule has 2 aliphatic heterocycles. The molecule has 0 amide bonds. The van der Waals surface area contributed by atoms with Gasteiger partial charge in [0, 0.05) is 45.3 Å². The van der Waals surface area contributed by atoms with Crippen molar-refractivity contribution in [1.29, 1.82) is 0 Å². The fourth-order valence-corrected chi connectivity index (χ4v) is 5.34. The molecule has 11 heteroatoms. The lowest BCUT2D eigenvalue weighted by molar-refractivity contribution is -0.384. The number of para-hydroxylation sites is 1. The molecule has 2 fully saturated rings. The first kappa shape index (κ1) is 21.5. The third-order valence-corrected chi connectivity index (χ3v) is 7.46. The first-order valence-corrected chi connectivity index (χ1v) is 11.4. The maximum absolute atomic E-state index is 14.1. The summed E-state index contributed by atoms with van der Waals surface area (Å²) in [6, 6.07) is 10.5. The van der Waals surface area contributed by atoms with Crippen LogP contribution in [0.2, 0.25) is 0 Å². The second-order valence-corrected chi connectivity index (χ2v) is 9.29. The van der Waals surface area contributed by atoms with Crippen LogP contribution in [0.3, 0.4) is 0 Å². The molecule has 0 saturated carbocycles. The average Bonchev–Trinajstić information content (AvgIpc) is 2.80. The fraction of sp³-hybridized carbons (Fsp3) is 0.400. The number of benzene rings is 2. The summed E-state index contributed by atoms with van der Waals surface area (Å²) in [5.41, 5.74) is 0.608. The minimum Gasteiger partial charge on any atom is -0.379 e. The van der Waals surface area contributed by atoms with Gasteiger partial charge in [-0.1, -0.05) is 12.1 Å². The molecule has 31 heavy (non-hydrogen) atoms. The zero-order valence-corrected chi connectivity index (χ0v) is 17.6. The molecule has 0 spiro atoms. The highest BCUT2D eigenvalue weighted by molar-refractivity contribution is 7.89. The number of nitrogens with zero attached hydrogens (tertiary/aromatic N) is 4. The highest BCUT2D eigenvalue weighted by atomic mass is 32.2. The number of ether oxygens (including phenoxy) is 1. The van der Waals surface area contributed by atoms with Gasteiger partial charge in [-0.15, -0.1) is 0 Å². The van der Waals surface area contributed by atoms with Crippen LogP contribution in [0.4, 0.5) is 21.5 Å². The van der Waals surface area contributed by atoms with Gasteiger partial charge in [0.25, 0.3) is 5.69 Å².